The van der Waals surface area contributed by atoms with Crippen LogP contribution in [0.25, 0.3) is 11.1 Å². The Kier molecular flexibility index (Phi) is 17.8. The van der Waals surface area contributed by atoms with Crippen LogP contribution in [-0.2, 0) is 35.0 Å². The minimum absolute atomic E-state index is 0.238. The summed E-state index contributed by atoms with van der Waals surface area (Å²) in [5, 5.41) is 29.2. The first-order chi connectivity index (χ1) is 29.4. The van der Waals surface area contributed by atoms with E-state index in [-0.39, 0.29) is 24.4 Å². The van der Waals surface area contributed by atoms with Crippen LogP contribution in [-0.4, -0.2) is 155 Å². The third-order valence-corrected chi connectivity index (χ3v) is 10.2. The van der Waals surface area contributed by atoms with Crippen molar-refractivity contribution in [3.05, 3.63) is 48.7 Å². The Hall–Kier alpha value is -4.81. The number of hydrogen-bond donors (Lipinski definition) is 1. The van der Waals surface area contributed by atoms with Crippen molar-refractivity contribution >= 4 is 11.6 Å². The highest BCUT2D eigenvalue weighted by Gasteiger charge is 2.32. The lowest BCUT2D eigenvalue weighted by Crippen LogP contribution is -2.51. The molecule has 1 aliphatic carbocycles. The van der Waals surface area contributed by atoms with Crippen molar-refractivity contribution < 1.29 is 37.9 Å². The van der Waals surface area contributed by atoms with Gasteiger partial charge in [-0.3, -0.25) is 9.58 Å². The molecule has 1 saturated heterocycles. The van der Waals surface area contributed by atoms with Crippen LogP contribution >= 0.6 is 0 Å². The molecule has 19 nitrogen and oxygen atoms in total. The number of nitrogens with one attached hydrogen (secondary N) is 1. The first-order valence-corrected chi connectivity index (χ1v) is 20.8. The Morgan fingerprint density at radius 1 is 0.850 bits per heavy atom. The molecule has 0 radical (unpaired) electrons. The quantitative estimate of drug-likeness (QED) is 0.0936. The first-order valence-electron chi connectivity index (χ1n) is 20.8. The highest BCUT2D eigenvalue weighted by Crippen LogP contribution is 2.35. The molecule has 1 aliphatic heterocycles. The summed E-state index contributed by atoms with van der Waals surface area (Å²) in [5.74, 6) is 1.29. The van der Waals surface area contributed by atoms with Crippen LogP contribution in [0.5, 0.6) is 11.6 Å². The summed E-state index contributed by atoms with van der Waals surface area (Å²) in [6.07, 6.45) is 11.4. The Morgan fingerprint density at radius 2 is 1.48 bits per heavy atom. The second-order valence-electron chi connectivity index (χ2n) is 15.0. The summed E-state index contributed by atoms with van der Waals surface area (Å²) in [6, 6.07) is 8.38. The van der Waals surface area contributed by atoms with Crippen molar-refractivity contribution in [1.82, 2.24) is 44.9 Å². The predicted octanol–water partition coefficient (Wildman–Crippen LogP) is 4.09. The third kappa shape index (κ3) is 13.9. The largest absolute Gasteiger partial charge is 0.487 e. The fourth-order valence-corrected chi connectivity index (χ4v) is 7.39. The number of nitrogens with zero attached hydrogens (tertiary/aromatic N) is 10. The van der Waals surface area contributed by atoms with E-state index in [1.54, 1.807) is 30.3 Å². The SMILES string of the molecule is COCCOCCOCCOCCOCCOc1nn(C2CCC(N3C[C@@H](C)O[C@@H](C)C3)CC2)cc1Nc1ncc(-c2ccc(C#N)c(O[C@@H](C)Cn3cnnn3)c2)cn1. The highest BCUT2D eigenvalue weighted by atomic mass is 16.6. The molecule has 1 saturated carbocycles. The molecule has 0 bridgehead atoms. The second-order valence-corrected chi connectivity index (χ2v) is 15.0. The average Bonchev–Trinajstić information content (AvgIpc) is 3.92. The smallest absolute Gasteiger partial charge is 0.257 e. The molecule has 0 spiro atoms. The van der Waals surface area contributed by atoms with Crippen molar-refractivity contribution in [3.63, 3.8) is 0 Å². The molecule has 2 fully saturated rings. The van der Waals surface area contributed by atoms with E-state index >= 15 is 0 Å². The molecule has 4 aromatic rings. The molecule has 6 rings (SSSR count). The van der Waals surface area contributed by atoms with Gasteiger partial charge < -0.3 is 43.2 Å². The fraction of sp³-hybridized carbons (Fsp3) is 0.634. The zero-order valence-corrected chi connectivity index (χ0v) is 35.2. The van der Waals surface area contributed by atoms with E-state index in [1.165, 1.54) is 6.33 Å². The van der Waals surface area contributed by atoms with Crippen LogP contribution in [0.3, 0.4) is 0 Å². The standard InChI is InChI=1S/C41H59N11O8/c1-30-25-50(26-31(2)59-30)36-7-9-37(10-8-36)52-28-38(40(47-52)58-20-19-57-18-17-56-16-15-55-14-13-54-12-11-53-4)46-41-43-23-35(24-44-41)33-5-6-34(22-42)39(21-33)60-32(3)27-51-29-45-48-49-51/h5-6,21,23-24,28-32,36-37H,7-20,25-27H2,1-4H3,(H,43,44,46)/t30-,31+,32-,36?,37?/m0/s1. The number of aromatic nitrogens is 8. The summed E-state index contributed by atoms with van der Waals surface area (Å²) < 4.78 is 49.1. The molecule has 0 amide bonds. The van der Waals surface area contributed by atoms with Crippen LogP contribution in [0.1, 0.15) is 58.1 Å². The van der Waals surface area contributed by atoms with Crippen molar-refractivity contribution in [2.24, 2.45) is 0 Å². The van der Waals surface area contributed by atoms with E-state index in [1.807, 2.05) is 29.9 Å². The Labute approximate surface area is 351 Å². The predicted molar refractivity (Wildman–Crippen MR) is 219 cm³/mol. The van der Waals surface area contributed by atoms with Gasteiger partial charge in [-0.25, -0.2) is 14.6 Å². The minimum atomic E-state index is -0.289. The first kappa shape index (κ1) is 44.7. The van der Waals surface area contributed by atoms with Gasteiger partial charge in [0, 0.05) is 44.2 Å². The number of rotatable bonds is 25. The molecular formula is C41H59N11O8. The van der Waals surface area contributed by atoms with Gasteiger partial charge in [0.15, 0.2) is 0 Å². The van der Waals surface area contributed by atoms with E-state index < -0.39 is 0 Å². The van der Waals surface area contributed by atoms with Gasteiger partial charge in [0.2, 0.25) is 5.95 Å². The van der Waals surface area contributed by atoms with E-state index in [0.717, 1.165) is 49.9 Å². The zero-order chi connectivity index (χ0) is 41.9. The molecule has 3 aromatic heterocycles. The van der Waals surface area contributed by atoms with Gasteiger partial charge in [0.1, 0.15) is 36.5 Å². The van der Waals surface area contributed by atoms with Gasteiger partial charge in [0.25, 0.3) is 5.88 Å². The lowest BCUT2D eigenvalue weighted by Gasteiger charge is -2.42. The summed E-state index contributed by atoms with van der Waals surface area (Å²) in [4.78, 5) is 11.9. The Morgan fingerprint density at radius 3 is 2.10 bits per heavy atom. The Balaban J connectivity index is 1.03. The summed E-state index contributed by atoms with van der Waals surface area (Å²) in [7, 11) is 1.65. The van der Waals surface area contributed by atoms with Crippen molar-refractivity contribution in [2.75, 3.05) is 91.6 Å². The molecule has 326 valence electrons. The van der Waals surface area contributed by atoms with Gasteiger partial charge in [0.05, 0.1) is 96.0 Å². The van der Waals surface area contributed by atoms with Crippen molar-refractivity contribution in [3.8, 4) is 28.8 Å². The maximum absolute atomic E-state index is 9.74. The lowest BCUT2D eigenvalue weighted by molar-refractivity contribution is -0.0852. The number of tetrazole rings is 1. The van der Waals surface area contributed by atoms with E-state index in [4.69, 9.17) is 43.0 Å². The highest BCUT2D eigenvalue weighted by molar-refractivity contribution is 5.67. The summed E-state index contributed by atoms with van der Waals surface area (Å²) in [5.41, 5.74) is 2.64. The third-order valence-electron chi connectivity index (χ3n) is 10.2. The molecule has 19 heteroatoms. The van der Waals surface area contributed by atoms with Crippen LogP contribution in [0.2, 0.25) is 0 Å². The maximum Gasteiger partial charge on any atom is 0.257 e. The number of benzene rings is 1. The van der Waals surface area contributed by atoms with E-state index in [9.17, 15) is 5.26 Å². The molecule has 1 aromatic carbocycles. The summed E-state index contributed by atoms with van der Waals surface area (Å²) >= 11 is 0. The maximum atomic E-state index is 9.74. The van der Waals surface area contributed by atoms with Gasteiger partial charge in [-0.2, -0.15) is 5.26 Å². The number of anilines is 2. The van der Waals surface area contributed by atoms with Gasteiger partial charge >= 0.3 is 0 Å². The fourth-order valence-electron chi connectivity index (χ4n) is 7.39. The number of morpholine rings is 1. The average molecular weight is 834 g/mol. The van der Waals surface area contributed by atoms with Gasteiger partial charge in [-0.05, 0) is 74.6 Å². The monoisotopic (exact) mass is 833 g/mol. The Bertz CT molecular complexity index is 1860. The molecular weight excluding hydrogens is 775 g/mol. The van der Waals surface area contributed by atoms with Crippen LogP contribution < -0.4 is 14.8 Å². The molecule has 3 atom stereocenters. The summed E-state index contributed by atoms with van der Waals surface area (Å²) in [6.45, 7) is 13.3. The second kappa shape index (κ2) is 23.8. The lowest BCUT2D eigenvalue weighted by atomic mass is 9.89. The number of hydrogen-bond acceptors (Lipinski definition) is 17. The number of ether oxygens (including phenoxy) is 8. The molecule has 1 N–H and O–H groups in total. The minimum Gasteiger partial charge on any atom is -0.487 e. The molecule has 0 unspecified atom stereocenters. The van der Waals surface area contributed by atoms with Crippen LogP contribution in [0, 0.1) is 11.3 Å². The van der Waals surface area contributed by atoms with Crippen molar-refractivity contribution in [2.45, 2.75) is 83.4 Å². The number of methoxy groups -OCH3 is 1. The molecule has 60 heavy (non-hydrogen) atoms. The van der Waals surface area contributed by atoms with Crippen LogP contribution in [0.4, 0.5) is 11.6 Å². The number of nitriles is 1. The van der Waals surface area contributed by atoms with Gasteiger partial charge in [-0.1, -0.05) is 6.07 Å². The van der Waals surface area contributed by atoms with E-state index in [0.29, 0.717) is 107 Å². The van der Waals surface area contributed by atoms with Crippen LogP contribution in [0.15, 0.2) is 43.1 Å². The molecule has 2 aliphatic rings. The van der Waals surface area contributed by atoms with Crippen molar-refractivity contribution in [1.29, 1.82) is 5.26 Å². The topological polar surface area (TPSA) is 200 Å². The molecule has 4 heterocycles. The normalized spacial score (nSPS) is 20.1. The zero-order valence-electron chi connectivity index (χ0n) is 35.2. The van der Waals surface area contributed by atoms with E-state index in [2.05, 4.69) is 55.6 Å². The van der Waals surface area contributed by atoms with Gasteiger partial charge in [-0.15, -0.1) is 10.2 Å².